The molecule has 0 amide bonds. The van der Waals surface area contributed by atoms with E-state index in [2.05, 4.69) is 25.9 Å². The molecule has 2 aromatic rings. The summed E-state index contributed by atoms with van der Waals surface area (Å²) in [6.07, 6.45) is 2.86. The molecule has 5 heteroatoms. The summed E-state index contributed by atoms with van der Waals surface area (Å²) in [5, 5.41) is 0. The first kappa shape index (κ1) is 13.4. The van der Waals surface area contributed by atoms with Gasteiger partial charge in [0.2, 0.25) is 0 Å². The Morgan fingerprint density at radius 2 is 2.05 bits per heavy atom. The molecule has 3 rings (SSSR count). The fraction of sp³-hybridized carbons (Fsp3) is 0.333. The van der Waals surface area contributed by atoms with Crippen LogP contribution in [-0.2, 0) is 6.42 Å². The van der Waals surface area contributed by atoms with E-state index < -0.39 is 0 Å². The van der Waals surface area contributed by atoms with E-state index >= 15 is 0 Å². The second-order valence-electron chi connectivity index (χ2n) is 5.01. The number of ether oxygens (including phenoxy) is 1. The highest BCUT2D eigenvalue weighted by Crippen LogP contribution is 2.41. The first-order valence-corrected chi connectivity index (χ1v) is 7.38. The molecule has 0 saturated heterocycles. The van der Waals surface area contributed by atoms with E-state index in [9.17, 15) is 4.79 Å². The molecule has 0 unspecified atom stereocenters. The molecule has 1 aliphatic rings. The molecule has 0 radical (unpaired) electrons. The van der Waals surface area contributed by atoms with Crippen LogP contribution in [0.25, 0.3) is 0 Å². The third-order valence-electron chi connectivity index (χ3n) is 3.43. The summed E-state index contributed by atoms with van der Waals surface area (Å²) in [6, 6.07) is 7.79. The molecule has 1 heterocycles. The van der Waals surface area contributed by atoms with Gasteiger partial charge in [-0.05, 0) is 46.5 Å². The van der Waals surface area contributed by atoms with Gasteiger partial charge in [0, 0.05) is 12.3 Å². The Morgan fingerprint density at radius 1 is 1.35 bits per heavy atom. The van der Waals surface area contributed by atoms with E-state index in [1.54, 1.807) is 7.11 Å². The van der Waals surface area contributed by atoms with Crippen molar-refractivity contribution in [3.05, 3.63) is 56.2 Å². The molecule has 1 saturated carbocycles. The van der Waals surface area contributed by atoms with Gasteiger partial charge in [-0.25, -0.2) is 4.98 Å². The van der Waals surface area contributed by atoms with Gasteiger partial charge in [-0.15, -0.1) is 0 Å². The third kappa shape index (κ3) is 2.77. The van der Waals surface area contributed by atoms with Crippen LogP contribution < -0.4 is 10.3 Å². The fourth-order valence-electron chi connectivity index (χ4n) is 2.17. The minimum Gasteiger partial charge on any atom is -0.497 e. The highest BCUT2D eigenvalue weighted by atomic mass is 79.9. The maximum atomic E-state index is 11.9. The molecule has 1 aromatic heterocycles. The molecular weight excluding hydrogens is 320 g/mol. The van der Waals surface area contributed by atoms with Crippen LogP contribution in [0.4, 0.5) is 0 Å². The lowest BCUT2D eigenvalue weighted by molar-refractivity contribution is 0.414. The van der Waals surface area contributed by atoms with Crippen molar-refractivity contribution in [2.24, 2.45) is 0 Å². The second kappa shape index (κ2) is 5.40. The number of aromatic nitrogens is 2. The number of rotatable bonds is 4. The summed E-state index contributed by atoms with van der Waals surface area (Å²) in [6.45, 7) is 0. The van der Waals surface area contributed by atoms with Gasteiger partial charge in [-0.3, -0.25) is 4.79 Å². The van der Waals surface area contributed by atoms with E-state index in [-0.39, 0.29) is 5.56 Å². The van der Waals surface area contributed by atoms with E-state index in [4.69, 9.17) is 4.74 Å². The van der Waals surface area contributed by atoms with Gasteiger partial charge in [0.1, 0.15) is 16.0 Å². The Hall–Kier alpha value is -1.62. The highest BCUT2D eigenvalue weighted by Gasteiger charge is 2.28. The maximum Gasteiger partial charge on any atom is 0.265 e. The molecule has 20 heavy (non-hydrogen) atoms. The number of hydrogen-bond acceptors (Lipinski definition) is 3. The number of methoxy groups -OCH3 is 1. The monoisotopic (exact) mass is 334 g/mol. The van der Waals surface area contributed by atoms with Gasteiger partial charge in [0.25, 0.3) is 5.56 Å². The molecule has 4 nitrogen and oxygen atoms in total. The number of benzene rings is 1. The van der Waals surface area contributed by atoms with E-state index in [0.717, 1.165) is 29.8 Å². The number of H-pyrrole nitrogens is 1. The van der Waals surface area contributed by atoms with Crippen molar-refractivity contribution in [2.45, 2.75) is 25.2 Å². The van der Waals surface area contributed by atoms with Gasteiger partial charge in [0.15, 0.2) is 0 Å². The second-order valence-corrected chi connectivity index (χ2v) is 5.80. The van der Waals surface area contributed by atoms with Crippen LogP contribution in [0.5, 0.6) is 5.75 Å². The van der Waals surface area contributed by atoms with Crippen molar-refractivity contribution >= 4 is 15.9 Å². The molecule has 0 bridgehead atoms. The Labute approximate surface area is 125 Å². The van der Waals surface area contributed by atoms with E-state index in [0.29, 0.717) is 22.6 Å². The molecule has 1 aliphatic carbocycles. The summed E-state index contributed by atoms with van der Waals surface area (Å²) in [4.78, 5) is 19.4. The van der Waals surface area contributed by atoms with Crippen LogP contribution in [0, 0.1) is 0 Å². The summed E-state index contributed by atoms with van der Waals surface area (Å²) in [5.74, 6) is 1.98. The summed E-state index contributed by atoms with van der Waals surface area (Å²) in [7, 11) is 1.64. The number of halogens is 1. The molecular formula is C15H15BrN2O2. The van der Waals surface area contributed by atoms with Gasteiger partial charge in [-0.1, -0.05) is 12.1 Å². The molecule has 1 fully saturated rings. The molecule has 1 N–H and O–H groups in total. The predicted octanol–water partition coefficient (Wildman–Crippen LogP) is 3.01. The van der Waals surface area contributed by atoms with E-state index in [1.807, 2.05) is 24.3 Å². The molecule has 1 aromatic carbocycles. The Balaban J connectivity index is 1.88. The average Bonchev–Trinajstić information content (AvgIpc) is 3.28. The fourth-order valence-corrected chi connectivity index (χ4v) is 2.68. The zero-order valence-corrected chi connectivity index (χ0v) is 12.7. The van der Waals surface area contributed by atoms with Crippen LogP contribution in [0.3, 0.4) is 0 Å². The molecule has 104 valence electrons. The number of nitrogens with zero attached hydrogens (tertiary/aromatic N) is 1. The van der Waals surface area contributed by atoms with Gasteiger partial charge in [-0.2, -0.15) is 0 Å². The van der Waals surface area contributed by atoms with Crippen molar-refractivity contribution in [1.82, 2.24) is 9.97 Å². The lowest BCUT2D eigenvalue weighted by Crippen LogP contribution is -2.15. The van der Waals surface area contributed by atoms with Crippen molar-refractivity contribution in [1.29, 1.82) is 0 Å². The maximum absolute atomic E-state index is 11.9. The van der Waals surface area contributed by atoms with Crippen LogP contribution >= 0.6 is 15.9 Å². The van der Waals surface area contributed by atoms with Crippen molar-refractivity contribution < 1.29 is 4.74 Å². The van der Waals surface area contributed by atoms with Crippen LogP contribution in [0.2, 0.25) is 0 Å². The largest absolute Gasteiger partial charge is 0.497 e. The van der Waals surface area contributed by atoms with E-state index in [1.165, 1.54) is 0 Å². The third-order valence-corrected chi connectivity index (χ3v) is 4.20. The zero-order chi connectivity index (χ0) is 14.1. The van der Waals surface area contributed by atoms with Crippen molar-refractivity contribution in [2.75, 3.05) is 7.11 Å². The number of aromatic amines is 1. The number of hydrogen-bond donors (Lipinski definition) is 1. The van der Waals surface area contributed by atoms with Gasteiger partial charge in [0.05, 0.1) is 12.8 Å². The summed E-state index contributed by atoms with van der Waals surface area (Å²) >= 11 is 3.34. The normalized spacial score (nSPS) is 14.3. The number of nitrogens with one attached hydrogen (secondary N) is 1. The predicted molar refractivity (Wildman–Crippen MR) is 80.3 cm³/mol. The van der Waals surface area contributed by atoms with Crippen LogP contribution in [-0.4, -0.2) is 17.1 Å². The van der Waals surface area contributed by atoms with Crippen LogP contribution in [0.1, 0.15) is 35.8 Å². The van der Waals surface area contributed by atoms with Crippen molar-refractivity contribution in [3.63, 3.8) is 0 Å². The molecule has 0 spiro atoms. The standard InChI is InChI=1S/C15H15BrN2O2/c1-20-11-6-2-9(3-7-11)8-12-17-14(10-4-5-10)13(16)15(19)18-12/h2-3,6-7,10H,4-5,8H2,1H3,(H,17,18,19). The summed E-state index contributed by atoms with van der Waals surface area (Å²) in [5.41, 5.74) is 1.90. The van der Waals surface area contributed by atoms with Crippen LogP contribution in [0.15, 0.2) is 33.5 Å². The Bertz CT molecular complexity index is 675. The smallest absolute Gasteiger partial charge is 0.265 e. The summed E-state index contributed by atoms with van der Waals surface area (Å²) < 4.78 is 5.72. The van der Waals surface area contributed by atoms with Gasteiger partial charge < -0.3 is 9.72 Å². The van der Waals surface area contributed by atoms with Gasteiger partial charge >= 0.3 is 0 Å². The molecule has 0 aliphatic heterocycles. The quantitative estimate of drug-likeness (QED) is 0.934. The average molecular weight is 335 g/mol. The Kier molecular flexibility index (Phi) is 3.61. The first-order chi connectivity index (χ1) is 9.67. The lowest BCUT2D eigenvalue weighted by Gasteiger charge is -2.06. The Morgan fingerprint density at radius 3 is 2.65 bits per heavy atom. The topological polar surface area (TPSA) is 55.0 Å². The highest BCUT2D eigenvalue weighted by molar-refractivity contribution is 9.10. The lowest BCUT2D eigenvalue weighted by atomic mass is 10.1. The zero-order valence-electron chi connectivity index (χ0n) is 11.1. The van der Waals surface area contributed by atoms with Crippen molar-refractivity contribution in [3.8, 4) is 5.75 Å². The SMILES string of the molecule is COc1ccc(Cc2nc(C3CC3)c(Br)c(=O)[nH]2)cc1. The minimum atomic E-state index is -0.0922. The first-order valence-electron chi connectivity index (χ1n) is 6.59. The minimum absolute atomic E-state index is 0.0922. The molecule has 0 atom stereocenters.